The van der Waals surface area contributed by atoms with E-state index in [1.165, 1.54) is 0 Å². The van der Waals surface area contributed by atoms with Crippen molar-refractivity contribution in [2.75, 3.05) is 51.9 Å². The van der Waals surface area contributed by atoms with Gasteiger partial charge in [0, 0.05) is 41.5 Å². The molecule has 2 aliphatic heterocycles. The Morgan fingerprint density at radius 3 is 2.80 bits per heavy atom. The molecule has 0 aliphatic carbocycles. The van der Waals surface area contributed by atoms with Gasteiger partial charge in [-0.3, -0.25) is 9.69 Å². The molecule has 1 N–H and O–H groups in total. The van der Waals surface area contributed by atoms with E-state index in [4.69, 9.17) is 25.8 Å². The zero-order valence-electron chi connectivity index (χ0n) is 16.9. The molecule has 0 saturated carbocycles. The number of nitrogens with one attached hydrogen (secondary N) is 1. The molecule has 2 aliphatic rings. The van der Waals surface area contributed by atoms with E-state index in [-0.39, 0.29) is 5.91 Å². The Hall–Kier alpha value is -2.54. The average molecular weight is 429 g/mol. The number of hydrogen-bond donors (Lipinski definition) is 1. The molecule has 158 valence electrons. The van der Waals surface area contributed by atoms with Crippen molar-refractivity contribution in [3.05, 3.63) is 52.5 Å². The summed E-state index contributed by atoms with van der Waals surface area (Å²) in [5.41, 5.74) is 3.00. The summed E-state index contributed by atoms with van der Waals surface area (Å²) in [6.45, 7) is 5.18. The van der Waals surface area contributed by atoms with E-state index >= 15 is 0 Å². The number of hydrogen-bond acceptors (Lipinski definition) is 5. The number of carbonyl (C=O) groups excluding carboxylic acids is 1. The molecule has 2 aromatic rings. The number of methoxy groups -OCH3 is 1. The molecule has 0 unspecified atom stereocenters. The minimum absolute atomic E-state index is 0.144. The van der Waals surface area contributed by atoms with Crippen LogP contribution in [-0.2, 0) is 9.53 Å². The highest BCUT2D eigenvalue weighted by Crippen LogP contribution is 2.36. The number of halogens is 1. The number of benzene rings is 2. The summed E-state index contributed by atoms with van der Waals surface area (Å²) in [7, 11) is 1.62. The minimum atomic E-state index is -0.144. The first-order chi connectivity index (χ1) is 14.6. The Morgan fingerprint density at radius 2 is 2.00 bits per heavy atom. The van der Waals surface area contributed by atoms with Gasteiger partial charge in [0.15, 0.2) is 11.5 Å². The molecule has 7 heteroatoms. The van der Waals surface area contributed by atoms with Crippen molar-refractivity contribution in [2.24, 2.45) is 0 Å². The smallest absolute Gasteiger partial charge is 0.256 e. The van der Waals surface area contributed by atoms with Crippen LogP contribution in [0.2, 0.25) is 5.02 Å². The van der Waals surface area contributed by atoms with Gasteiger partial charge in [0.2, 0.25) is 0 Å². The first kappa shape index (κ1) is 20.7. The molecule has 0 bridgehead atoms. The van der Waals surface area contributed by atoms with Crippen LogP contribution in [0.15, 0.2) is 36.4 Å². The lowest BCUT2D eigenvalue weighted by atomic mass is 10.0. The van der Waals surface area contributed by atoms with Gasteiger partial charge in [-0.25, -0.2) is 0 Å². The van der Waals surface area contributed by atoms with Crippen LogP contribution in [0.25, 0.3) is 11.6 Å². The van der Waals surface area contributed by atoms with Crippen LogP contribution in [-0.4, -0.2) is 57.4 Å². The maximum absolute atomic E-state index is 12.4. The quantitative estimate of drug-likeness (QED) is 0.534. The van der Waals surface area contributed by atoms with Crippen LogP contribution in [0.3, 0.4) is 0 Å². The number of amides is 1. The van der Waals surface area contributed by atoms with Gasteiger partial charge in [-0.15, -0.1) is 0 Å². The lowest BCUT2D eigenvalue weighted by Crippen LogP contribution is -2.37. The van der Waals surface area contributed by atoms with Gasteiger partial charge in [0.1, 0.15) is 0 Å². The van der Waals surface area contributed by atoms with Crippen LogP contribution in [0.5, 0.6) is 11.5 Å². The minimum Gasteiger partial charge on any atom is -0.493 e. The summed E-state index contributed by atoms with van der Waals surface area (Å²) >= 11 is 6.11. The maximum atomic E-state index is 12.4. The largest absolute Gasteiger partial charge is 0.493 e. The number of ether oxygens (including phenoxy) is 3. The number of nitrogens with zero attached hydrogens (tertiary/aromatic N) is 1. The summed E-state index contributed by atoms with van der Waals surface area (Å²) < 4.78 is 16.8. The van der Waals surface area contributed by atoms with Gasteiger partial charge in [0.25, 0.3) is 5.91 Å². The van der Waals surface area contributed by atoms with Crippen molar-refractivity contribution >= 4 is 34.8 Å². The molecule has 1 fully saturated rings. The van der Waals surface area contributed by atoms with Crippen molar-refractivity contribution in [2.45, 2.75) is 6.42 Å². The summed E-state index contributed by atoms with van der Waals surface area (Å²) in [6.07, 6.45) is 2.77. The van der Waals surface area contributed by atoms with Crippen molar-refractivity contribution in [1.82, 2.24) is 4.90 Å². The van der Waals surface area contributed by atoms with Gasteiger partial charge < -0.3 is 19.5 Å². The fraction of sp³-hybridized carbons (Fsp3) is 0.348. The number of anilines is 1. The molecule has 0 radical (unpaired) electrons. The van der Waals surface area contributed by atoms with Crippen molar-refractivity contribution in [1.29, 1.82) is 0 Å². The summed E-state index contributed by atoms with van der Waals surface area (Å²) in [5.74, 6) is 1.19. The summed E-state index contributed by atoms with van der Waals surface area (Å²) in [6, 6.07) is 11.0. The van der Waals surface area contributed by atoms with E-state index in [1.807, 2.05) is 30.3 Å². The first-order valence-corrected chi connectivity index (χ1v) is 10.5. The van der Waals surface area contributed by atoms with Gasteiger partial charge >= 0.3 is 0 Å². The third-order valence-electron chi connectivity index (χ3n) is 5.24. The second-order valence-electron chi connectivity index (χ2n) is 7.27. The molecule has 1 amide bonds. The first-order valence-electron chi connectivity index (χ1n) is 10.1. The molecular formula is C23H25ClN2O4. The standard InChI is InChI=1S/C23H25ClN2O4/c1-28-22-14-16(13-19-18-15-17(24)4-5-20(18)25-23(19)27)3-6-21(22)30-10-2-7-26-8-11-29-12-9-26/h3-6,13-15H,2,7-12H2,1H3,(H,25,27)/b19-13-. The normalized spacial score (nSPS) is 17.7. The fourth-order valence-electron chi connectivity index (χ4n) is 3.66. The molecular weight excluding hydrogens is 404 g/mol. The van der Waals surface area contributed by atoms with Crippen LogP contribution >= 0.6 is 11.6 Å². The third kappa shape index (κ3) is 4.78. The second kappa shape index (κ2) is 9.51. The highest BCUT2D eigenvalue weighted by atomic mass is 35.5. The summed E-state index contributed by atoms with van der Waals surface area (Å²) in [5, 5.41) is 3.45. The zero-order chi connectivity index (χ0) is 20.9. The molecule has 2 heterocycles. The van der Waals surface area contributed by atoms with Crippen LogP contribution in [0.4, 0.5) is 5.69 Å². The zero-order valence-corrected chi connectivity index (χ0v) is 17.7. The highest BCUT2D eigenvalue weighted by Gasteiger charge is 2.24. The van der Waals surface area contributed by atoms with E-state index in [0.717, 1.165) is 56.1 Å². The van der Waals surface area contributed by atoms with E-state index in [0.29, 0.717) is 28.7 Å². The molecule has 0 aromatic heterocycles. The Kier molecular flexibility index (Phi) is 6.57. The number of morpholine rings is 1. The molecule has 0 spiro atoms. The molecule has 2 aromatic carbocycles. The Morgan fingerprint density at radius 1 is 1.17 bits per heavy atom. The topological polar surface area (TPSA) is 60.0 Å². The predicted octanol–water partition coefficient (Wildman–Crippen LogP) is 3.94. The Balaban J connectivity index is 1.43. The third-order valence-corrected chi connectivity index (χ3v) is 5.48. The van der Waals surface area contributed by atoms with Gasteiger partial charge in [0.05, 0.1) is 26.9 Å². The van der Waals surface area contributed by atoms with Gasteiger partial charge in [-0.05, 0) is 48.4 Å². The van der Waals surface area contributed by atoms with Gasteiger partial charge in [-0.2, -0.15) is 0 Å². The van der Waals surface area contributed by atoms with Crippen molar-refractivity contribution in [3.8, 4) is 11.5 Å². The lowest BCUT2D eigenvalue weighted by molar-refractivity contribution is -0.110. The fourth-order valence-corrected chi connectivity index (χ4v) is 3.83. The lowest BCUT2D eigenvalue weighted by Gasteiger charge is -2.26. The van der Waals surface area contributed by atoms with E-state index in [2.05, 4.69) is 10.2 Å². The van der Waals surface area contributed by atoms with E-state index in [9.17, 15) is 4.79 Å². The molecule has 4 rings (SSSR count). The molecule has 0 atom stereocenters. The number of fused-ring (bicyclic) bond motifs is 1. The average Bonchev–Trinajstić information content (AvgIpc) is 3.07. The van der Waals surface area contributed by atoms with Crippen LogP contribution in [0, 0.1) is 0 Å². The SMILES string of the molecule is COc1cc(/C=C2\C(=O)Nc3ccc(Cl)cc32)ccc1OCCCN1CCOCC1. The second-order valence-corrected chi connectivity index (χ2v) is 7.70. The van der Waals surface area contributed by atoms with Crippen LogP contribution in [0.1, 0.15) is 17.5 Å². The van der Waals surface area contributed by atoms with E-state index < -0.39 is 0 Å². The number of carbonyl (C=O) groups is 1. The van der Waals surface area contributed by atoms with Crippen molar-refractivity contribution < 1.29 is 19.0 Å². The predicted molar refractivity (Wildman–Crippen MR) is 118 cm³/mol. The Bertz CT molecular complexity index is 954. The molecule has 6 nitrogen and oxygen atoms in total. The van der Waals surface area contributed by atoms with Crippen molar-refractivity contribution in [3.63, 3.8) is 0 Å². The van der Waals surface area contributed by atoms with Gasteiger partial charge in [-0.1, -0.05) is 17.7 Å². The highest BCUT2D eigenvalue weighted by molar-refractivity contribution is 6.36. The maximum Gasteiger partial charge on any atom is 0.256 e. The molecule has 1 saturated heterocycles. The Labute approximate surface area is 181 Å². The monoisotopic (exact) mass is 428 g/mol. The van der Waals surface area contributed by atoms with Crippen LogP contribution < -0.4 is 14.8 Å². The summed E-state index contributed by atoms with van der Waals surface area (Å²) in [4.78, 5) is 14.8. The number of rotatable bonds is 7. The molecule has 30 heavy (non-hydrogen) atoms. The van der Waals surface area contributed by atoms with E-state index in [1.54, 1.807) is 19.2 Å².